The van der Waals surface area contributed by atoms with E-state index in [0.717, 1.165) is 19.5 Å². The number of aromatic carboxylic acids is 1. The van der Waals surface area contributed by atoms with Crippen LogP contribution in [0.2, 0.25) is 0 Å². The standard InChI is InChI=1S/C14H20N2O3S/c1-3-16(4-2)12(17)8-6-10-20-13-11(14(18)19)7-5-9-15-13/h5,7,9H,3-4,6,8,10H2,1-2H3,(H,18,19). The Morgan fingerprint density at radius 2 is 2.05 bits per heavy atom. The highest BCUT2D eigenvalue weighted by Gasteiger charge is 2.12. The van der Waals surface area contributed by atoms with E-state index in [4.69, 9.17) is 5.11 Å². The molecule has 1 heterocycles. The lowest BCUT2D eigenvalue weighted by Gasteiger charge is -2.18. The van der Waals surface area contributed by atoms with Gasteiger partial charge in [-0.1, -0.05) is 0 Å². The summed E-state index contributed by atoms with van der Waals surface area (Å²) >= 11 is 1.38. The Kier molecular flexibility index (Phi) is 7.08. The lowest BCUT2D eigenvalue weighted by atomic mass is 10.3. The molecule has 1 amide bonds. The number of hydrogen-bond donors (Lipinski definition) is 1. The van der Waals surface area contributed by atoms with Gasteiger partial charge >= 0.3 is 5.97 Å². The van der Waals surface area contributed by atoms with E-state index in [2.05, 4.69) is 4.98 Å². The highest BCUT2D eigenvalue weighted by Crippen LogP contribution is 2.21. The Bertz CT molecular complexity index is 461. The molecule has 20 heavy (non-hydrogen) atoms. The Labute approximate surface area is 123 Å². The first-order valence-corrected chi connectivity index (χ1v) is 7.67. The SMILES string of the molecule is CCN(CC)C(=O)CCCSc1ncccc1C(=O)O. The van der Waals surface area contributed by atoms with Crippen molar-refractivity contribution in [3.8, 4) is 0 Å². The van der Waals surface area contributed by atoms with Crippen LogP contribution < -0.4 is 0 Å². The number of carboxylic acids is 1. The van der Waals surface area contributed by atoms with E-state index in [1.54, 1.807) is 23.2 Å². The van der Waals surface area contributed by atoms with Crippen molar-refractivity contribution in [1.82, 2.24) is 9.88 Å². The van der Waals surface area contributed by atoms with Gasteiger partial charge in [-0.25, -0.2) is 9.78 Å². The molecule has 1 N–H and O–H groups in total. The average molecular weight is 296 g/mol. The first-order valence-electron chi connectivity index (χ1n) is 6.69. The van der Waals surface area contributed by atoms with Crippen LogP contribution in [0.15, 0.2) is 23.4 Å². The number of carbonyl (C=O) groups is 2. The van der Waals surface area contributed by atoms with Crippen LogP contribution in [0, 0.1) is 0 Å². The summed E-state index contributed by atoms with van der Waals surface area (Å²) in [5.74, 6) is -0.139. The molecular formula is C14H20N2O3S. The highest BCUT2D eigenvalue weighted by molar-refractivity contribution is 7.99. The van der Waals surface area contributed by atoms with E-state index in [1.165, 1.54) is 11.8 Å². The van der Waals surface area contributed by atoms with Crippen LogP contribution in [0.3, 0.4) is 0 Å². The summed E-state index contributed by atoms with van der Waals surface area (Å²) in [6, 6.07) is 3.15. The summed E-state index contributed by atoms with van der Waals surface area (Å²) in [4.78, 5) is 28.7. The topological polar surface area (TPSA) is 70.5 Å². The molecule has 0 radical (unpaired) electrons. The molecule has 1 aromatic heterocycles. The molecule has 0 saturated heterocycles. The van der Waals surface area contributed by atoms with E-state index >= 15 is 0 Å². The van der Waals surface area contributed by atoms with E-state index in [0.29, 0.717) is 17.2 Å². The number of thioether (sulfide) groups is 1. The Hall–Kier alpha value is -1.56. The van der Waals surface area contributed by atoms with Crippen LogP contribution in [0.25, 0.3) is 0 Å². The minimum absolute atomic E-state index is 0.148. The summed E-state index contributed by atoms with van der Waals surface area (Å²) in [5, 5.41) is 9.54. The number of rotatable bonds is 8. The third-order valence-electron chi connectivity index (χ3n) is 2.89. The number of carbonyl (C=O) groups excluding carboxylic acids is 1. The van der Waals surface area contributed by atoms with E-state index in [1.807, 2.05) is 13.8 Å². The number of pyridine rings is 1. The fourth-order valence-corrected chi connectivity index (χ4v) is 2.72. The van der Waals surface area contributed by atoms with Crippen molar-refractivity contribution >= 4 is 23.6 Å². The van der Waals surface area contributed by atoms with Crippen molar-refractivity contribution in [3.05, 3.63) is 23.9 Å². The predicted molar refractivity (Wildman–Crippen MR) is 79.1 cm³/mol. The second-order valence-electron chi connectivity index (χ2n) is 4.18. The summed E-state index contributed by atoms with van der Waals surface area (Å²) in [6.07, 6.45) is 2.79. The minimum Gasteiger partial charge on any atom is -0.478 e. The number of carboxylic acid groups (broad SMARTS) is 1. The van der Waals surface area contributed by atoms with E-state index < -0.39 is 5.97 Å². The zero-order valence-electron chi connectivity index (χ0n) is 11.8. The van der Waals surface area contributed by atoms with E-state index in [9.17, 15) is 9.59 Å². The molecule has 0 fully saturated rings. The number of aromatic nitrogens is 1. The molecule has 0 spiro atoms. The molecule has 0 bridgehead atoms. The third-order valence-corrected chi connectivity index (χ3v) is 3.98. The van der Waals surface area contributed by atoms with Gasteiger partial charge in [-0.05, 0) is 32.4 Å². The van der Waals surface area contributed by atoms with Crippen LogP contribution in [0.5, 0.6) is 0 Å². The lowest BCUT2D eigenvalue weighted by Crippen LogP contribution is -2.30. The van der Waals surface area contributed by atoms with Gasteiger partial charge in [0.05, 0.1) is 5.56 Å². The summed E-state index contributed by atoms with van der Waals surface area (Å²) < 4.78 is 0. The molecule has 0 saturated carbocycles. The highest BCUT2D eigenvalue weighted by atomic mass is 32.2. The first kappa shape index (κ1) is 16.5. The first-order chi connectivity index (χ1) is 9.60. The molecule has 1 rings (SSSR count). The minimum atomic E-state index is -0.972. The van der Waals surface area contributed by atoms with Crippen molar-refractivity contribution < 1.29 is 14.7 Å². The van der Waals surface area contributed by atoms with Crippen molar-refractivity contribution in [2.45, 2.75) is 31.7 Å². The Morgan fingerprint density at radius 3 is 2.65 bits per heavy atom. The van der Waals surface area contributed by atoms with Gasteiger partial charge in [0.1, 0.15) is 5.03 Å². The Balaban J connectivity index is 2.42. The van der Waals surface area contributed by atoms with Crippen molar-refractivity contribution in [1.29, 1.82) is 0 Å². The van der Waals surface area contributed by atoms with Gasteiger partial charge in [0.2, 0.25) is 5.91 Å². The van der Waals surface area contributed by atoms with Gasteiger partial charge in [-0.15, -0.1) is 11.8 Å². The van der Waals surface area contributed by atoms with Crippen LogP contribution in [-0.2, 0) is 4.79 Å². The van der Waals surface area contributed by atoms with Crippen molar-refractivity contribution in [2.75, 3.05) is 18.8 Å². The van der Waals surface area contributed by atoms with Gasteiger partial charge in [-0.3, -0.25) is 4.79 Å². The summed E-state index contributed by atoms with van der Waals surface area (Å²) in [7, 11) is 0. The molecule has 110 valence electrons. The monoisotopic (exact) mass is 296 g/mol. The molecular weight excluding hydrogens is 276 g/mol. The van der Waals surface area contributed by atoms with Gasteiger partial charge in [0, 0.05) is 31.5 Å². The lowest BCUT2D eigenvalue weighted by molar-refractivity contribution is -0.130. The maximum Gasteiger partial charge on any atom is 0.338 e. The van der Waals surface area contributed by atoms with Gasteiger partial charge in [0.15, 0.2) is 0 Å². The normalized spacial score (nSPS) is 10.3. The quantitative estimate of drug-likeness (QED) is 0.589. The van der Waals surface area contributed by atoms with Gasteiger partial charge < -0.3 is 10.0 Å². The number of nitrogens with zero attached hydrogens (tertiary/aromatic N) is 2. The zero-order chi connectivity index (χ0) is 15.0. The smallest absolute Gasteiger partial charge is 0.338 e. The maximum atomic E-state index is 11.8. The molecule has 0 aromatic carbocycles. The fourth-order valence-electron chi connectivity index (χ4n) is 1.80. The van der Waals surface area contributed by atoms with Crippen LogP contribution >= 0.6 is 11.8 Å². The third kappa shape index (κ3) is 4.85. The molecule has 0 aliphatic carbocycles. The molecule has 5 nitrogen and oxygen atoms in total. The van der Waals surface area contributed by atoms with Crippen LogP contribution in [-0.4, -0.2) is 45.7 Å². The van der Waals surface area contributed by atoms with Crippen LogP contribution in [0.1, 0.15) is 37.0 Å². The molecule has 0 atom stereocenters. The van der Waals surface area contributed by atoms with Gasteiger partial charge in [0.25, 0.3) is 0 Å². The molecule has 0 aliphatic heterocycles. The fraction of sp³-hybridized carbons (Fsp3) is 0.500. The summed E-state index contributed by atoms with van der Waals surface area (Å²) in [5.41, 5.74) is 0.215. The molecule has 1 aromatic rings. The molecule has 0 aliphatic rings. The average Bonchev–Trinajstić information content (AvgIpc) is 2.45. The van der Waals surface area contributed by atoms with Crippen molar-refractivity contribution in [2.24, 2.45) is 0 Å². The predicted octanol–water partition coefficient (Wildman–Crippen LogP) is 2.52. The number of amides is 1. The number of hydrogen-bond acceptors (Lipinski definition) is 4. The zero-order valence-corrected chi connectivity index (χ0v) is 12.7. The summed E-state index contributed by atoms with van der Waals surface area (Å²) in [6.45, 7) is 5.38. The molecule has 6 heteroatoms. The second kappa shape index (κ2) is 8.58. The van der Waals surface area contributed by atoms with E-state index in [-0.39, 0.29) is 11.5 Å². The molecule has 0 unspecified atom stereocenters. The van der Waals surface area contributed by atoms with Gasteiger partial charge in [-0.2, -0.15) is 0 Å². The maximum absolute atomic E-state index is 11.8. The second-order valence-corrected chi connectivity index (χ2v) is 5.26. The van der Waals surface area contributed by atoms with Crippen molar-refractivity contribution in [3.63, 3.8) is 0 Å². The van der Waals surface area contributed by atoms with Crippen LogP contribution in [0.4, 0.5) is 0 Å². The Morgan fingerprint density at radius 1 is 1.35 bits per heavy atom. The largest absolute Gasteiger partial charge is 0.478 e.